The third-order valence-electron chi connectivity index (χ3n) is 2.22. The van der Waals surface area contributed by atoms with Crippen LogP contribution in [0.5, 0.6) is 0 Å². The average molecular weight is 232 g/mol. The van der Waals surface area contributed by atoms with Gasteiger partial charge in [-0.05, 0) is 18.6 Å². The summed E-state index contributed by atoms with van der Waals surface area (Å²) < 4.78 is 0. The molecule has 2 N–H and O–H groups in total. The van der Waals surface area contributed by atoms with Crippen molar-refractivity contribution in [2.24, 2.45) is 5.73 Å². The highest BCUT2D eigenvalue weighted by Gasteiger charge is 2.24. The molecule has 1 aliphatic heterocycles. The number of thiocarbonyl (C=S) groups is 1. The molecule has 1 heterocycles. The molecule has 0 aliphatic carbocycles. The number of carbonyl (C=O) groups is 1. The van der Waals surface area contributed by atoms with E-state index in [1.54, 1.807) is 23.7 Å². The van der Waals surface area contributed by atoms with E-state index in [9.17, 15) is 4.79 Å². The number of hydrogen-bond donors (Lipinski definition) is 1. The summed E-state index contributed by atoms with van der Waals surface area (Å²) in [5.74, 6) is 1.26. The number of rotatable bonds is 3. The Bertz CT molecular complexity index is 227. The van der Waals surface area contributed by atoms with E-state index in [0.29, 0.717) is 11.5 Å². The third-order valence-corrected chi connectivity index (χ3v) is 3.72. The standard InChI is InChI=1S/C9H16N2OS2/c1-11(6-8(10)13)9(12)7-4-2-3-5-14-7/h7H,2-6H2,1H3,(H2,10,13). The maximum Gasteiger partial charge on any atom is 0.235 e. The van der Waals surface area contributed by atoms with Gasteiger partial charge in [0.25, 0.3) is 0 Å². The molecular formula is C9H16N2OS2. The lowest BCUT2D eigenvalue weighted by atomic mass is 10.2. The second-order valence-corrected chi connectivity index (χ2v) is 5.35. The molecule has 0 saturated carbocycles. The van der Waals surface area contributed by atoms with Crippen molar-refractivity contribution in [3.63, 3.8) is 0 Å². The van der Waals surface area contributed by atoms with Gasteiger partial charge in [0.2, 0.25) is 5.91 Å². The Morgan fingerprint density at radius 2 is 2.36 bits per heavy atom. The van der Waals surface area contributed by atoms with E-state index in [4.69, 9.17) is 18.0 Å². The number of amides is 1. The lowest BCUT2D eigenvalue weighted by Gasteiger charge is -2.25. The van der Waals surface area contributed by atoms with E-state index in [1.165, 1.54) is 6.42 Å². The van der Waals surface area contributed by atoms with Crippen LogP contribution in [0.2, 0.25) is 0 Å². The van der Waals surface area contributed by atoms with Crippen LogP contribution in [0.15, 0.2) is 0 Å². The molecule has 5 heteroatoms. The zero-order valence-corrected chi connectivity index (χ0v) is 10.00. The Morgan fingerprint density at radius 1 is 1.64 bits per heavy atom. The molecule has 0 bridgehead atoms. The summed E-state index contributed by atoms with van der Waals surface area (Å²) in [6.45, 7) is 0.394. The van der Waals surface area contributed by atoms with Crippen molar-refractivity contribution in [2.45, 2.75) is 24.5 Å². The number of hydrogen-bond acceptors (Lipinski definition) is 3. The predicted octanol–water partition coefficient (Wildman–Crippen LogP) is 1.02. The fourth-order valence-electron chi connectivity index (χ4n) is 1.49. The minimum absolute atomic E-state index is 0.128. The van der Waals surface area contributed by atoms with Gasteiger partial charge in [-0.25, -0.2) is 0 Å². The second-order valence-electron chi connectivity index (χ2n) is 3.52. The normalized spacial score (nSPS) is 21.6. The van der Waals surface area contributed by atoms with Crippen molar-refractivity contribution < 1.29 is 4.79 Å². The van der Waals surface area contributed by atoms with E-state index in [-0.39, 0.29) is 11.2 Å². The Morgan fingerprint density at radius 3 is 2.86 bits per heavy atom. The summed E-state index contributed by atoms with van der Waals surface area (Å²) in [6, 6.07) is 0. The number of thioether (sulfide) groups is 1. The molecule has 0 aromatic heterocycles. The highest BCUT2D eigenvalue weighted by molar-refractivity contribution is 8.00. The first-order valence-corrected chi connectivity index (χ1v) is 6.22. The van der Waals surface area contributed by atoms with Gasteiger partial charge in [0, 0.05) is 7.05 Å². The molecule has 80 valence electrons. The van der Waals surface area contributed by atoms with Gasteiger partial charge < -0.3 is 10.6 Å². The van der Waals surface area contributed by atoms with E-state index < -0.39 is 0 Å². The second kappa shape index (κ2) is 5.56. The van der Waals surface area contributed by atoms with Crippen molar-refractivity contribution in [2.75, 3.05) is 19.3 Å². The van der Waals surface area contributed by atoms with E-state index in [0.717, 1.165) is 18.6 Å². The van der Waals surface area contributed by atoms with Crippen LogP contribution in [0.25, 0.3) is 0 Å². The average Bonchev–Trinajstić information content (AvgIpc) is 2.17. The molecule has 0 spiro atoms. The van der Waals surface area contributed by atoms with Crippen molar-refractivity contribution in [1.29, 1.82) is 0 Å². The number of nitrogens with zero attached hydrogens (tertiary/aromatic N) is 1. The Hall–Kier alpha value is -0.290. The van der Waals surface area contributed by atoms with Gasteiger partial charge >= 0.3 is 0 Å². The third kappa shape index (κ3) is 3.46. The van der Waals surface area contributed by atoms with Gasteiger partial charge in [0.05, 0.1) is 16.8 Å². The summed E-state index contributed by atoms with van der Waals surface area (Å²) in [7, 11) is 1.76. The fraction of sp³-hybridized carbons (Fsp3) is 0.778. The molecule has 1 fully saturated rings. The predicted molar refractivity (Wildman–Crippen MR) is 64.5 cm³/mol. The van der Waals surface area contributed by atoms with Gasteiger partial charge in [-0.2, -0.15) is 0 Å². The van der Waals surface area contributed by atoms with Crippen LogP contribution in [0.1, 0.15) is 19.3 Å². The molecule has 0 aromatic carbocycles. The smallest absolute Gasteiger partial charge is 0.235 e. The van der Waals surface area contributed by atoms with Crippen LogP contribution in [0, 0.1) is 0 Å². The highest BCUT2D eigenvalue weighted by atomic mass is 32.2. The molecule has 1 amide bonds. The fourth-order valence-corrected chi connectivity index (χ4v) is 3.00. The molecule has 1 aliphatic rings. The molecule has 0 aromatic rings. The van der Waals surface area contributed by atoms with Crippen LogP contribution < -0.4 is 5.73 Å². The van der Waals surface area contributed by atoms with Crippen LogP contribution in [-0.2, 0) is 4.79 Å². The van der Waals surface area contributed by atoms with Crippen molar-refractivity contribution in [3.8, 4) is 0 Å². The minimum Gasteiger partial charge on any atom is -0.392 e. The summed E-state index contributed by atoms with van der Waals surface area (Å²) in [5, 5.41) is 0.128. The van der Waals surface area contributed by atoms with Crippen LogP contribution in [0.3, 0.4) is 0 Å². The Balaban J connectivity index is 2.42. The monoisotopic (exact) mass is 232 g/mol. The molecule has 14 heavy (non-hydrogen) atoms. The lowest BCUT2D eigenvalue weighted by Crippen LogP contribution is -2.40. The van der Waals surface area contributed by atoms with Gasteiger partial charge in [-0.1, -0.05) is 18.6 Å². The van der Waals surface area contributed by atoms with Crippen LogP contribution >= 0.6 is 24.0 Å². The summed E-state index contributed by atoms with van der Waals surface area (Å²) in [4.78, 5) is 13.8. The van der Waals surface area contributed by atoms with E-state index in [2.05, 4.69) is 0 Å². The van der Waals surface area contributed by atoms with Crippen molar-refractivity contribution >= 4 is 34.9 Å². The van der Waals surface area contributed by atoms with Gasteiger partial charge in [0.15, 0.2) is 0 Å². The quantitative estimate of drug-likeness (QED) is 0.738. The minimum atomic E-state index is 0.128. The first-order valence-electron chi connectivity index (χ1n) is 4.76. The van der Waals surface area contributed by atoms with Crippen molar-refractivity contribution in [1.82, 2.24) is 4.90 Å². The first-order chi connectivity index (χ1) is 6.61. The van der Waals surface area contributed by atoms with Gasteiger partial charge in [-0.3, -0.25) is 4.79 Å². The van der Waals surface area contributed by atoms with Gasteiger partial charge in [-0.15, -0.1) is 11.8 Å². The first kappa shape index (κ1) is 11.8. The van der Waals surface area contributed by atoms with Gasteiger partial charge in [0.1, 0.15) is 0 Å². The summed E-state index contributed by atoms with van der Waals surface area (Å²) in [5.41, 5.74) is 5.39. The number of likely N-dealkylation sites (N-methyl/N-ethyl adjacent to an activating group) is 1. The number of nitrogens with two attached hydrogens (primary N) is 1. The molecule has 1 saturated heterocycles. The summed E-state index contributed by atoms with van der Waals surface area (Å²) >= 11 is 6.52. The molecule has 1 atom stereocenters. The van der Waals surface area contributed by atoms with E-state index in [1.807, 2.05) is 0 Å². The SMILES string of the molecule is CN(CC(N)=S)C(=O)C1CCCCS1. The molecular weight excluding hydrogens is 216 g/mol. The van der Waals surface area contributed by atoms with Crippen LogP contribution in [-0.4, -0.2) is 40.4 Å². The zero-order valence-electron chi connectivity index (χ0n) is 8.36. The van der Waals surface area contributed by atoms with Crippen LogP contribution in [0.4, 0.5) is 0 Å². The maximum atomic E-state index is 11.8. The molecule has 1 unspecified atom stereocenters. The molecule has 1 rings (SSSR count). The molecule has 0 radical (unpaired) electrons. The van der Waals surface area contributed by atoms with E-state index >= 15 is 0 Å². The Labute approximate surface area is 94.4 Å². The summed E-state index contributed by atoms with van der Waals surface area (Å²) in [6.07, 6.45) is 3.38. The highest BCUT2D eigenvalue weighted by Crippen LogP contribution is 2.26. The number of carbonyl (C=O) groups excluding carboxylic acids is 1. The topological polar surface area (TPSA) is 46.3 Å². The van der Waals surface area contributed by atoms with Crippen molar-refractivity contribution in [3.05, 3.63) is 0 Å². The zero-order chi connectivity index (χ0) is 10.6. The maximum absolute atomic E-state index is 11.8. The largest absolute Gasteiger partial charge is 0.392 e. The Kier molecular flexibility index (Phi) is 4.68. The molecule has 3 nitrogen and oxygen atoms in total. The lowest BCUT2D eigenvalue weighted by molar-refractivity contribution is -0.128.